The topological polar surface area (TPSA) is 94.2 Å². The lowest BCUT2D eigenvalue weighted by molar-refractivity contribution is -0.133. The van der Waals surface area contributed by atoms with E-state index in [0.717, 1.165) is 12.8 Å². The summed E-state index contributed by atoms with van der Waals surface area (Å²) in [4.78, 5) is 41.7. The van der Waals surface area contributed by atoms with Crippen molar-refractivity contribution in [1.29, 1.82) is 0 Å². The Balaban J connectivity index is 1.32. The van der Waals surface area contributed by atoms with Gasteiger partial charge in [0.15, 0.2) is 11.6 Å². The number of nitrogens with one attached hydrogen (secondary N) is 2. The number of hydrogen-bond donors (Lipinski definition) is 2. The van der Waals surface area contributed by atoms with Crippen molar-refractivity contribution in [3.8, 4) is 0 Å². The molecular weight excluding hydrogens is 508 g/mol. The fraction of sp³-hybridized carbons (Fsp3) is 0.679. The van der Waals surface area contributed by atoms with Gasteiger partial charge in [-0.25, -0.2) is 13.6 Å². The van der Waals surface area contributed by atoms with Crippen LogP contribution in [0.25, 0.3) is 0 Å². The molecule has 0 spiro atoms. The number of carbonyl (C=O) groups excluding carboxylic acids is 3. The molecule has 39 heavy (non-hydrogen) atoms. The number of piperazine rings is 1. The molecule has 216 valence electrons. The largest absolute Gasteiger partial charge is 0.444 e. The van der Waals surface area contributed by atoms with Gasteiger partial charge >= 0.3 is 6.09 Å². The average molecular weight is 550 g/mol. The molecule has 3 aliphatic rings. The molecule has 11 heteroatoms. The van der Waals surface area contributed by atoms with E-state index >= 15 is 8.78 Å². The van der Waals surface area contributed by atoms with Crippen LogP contribution in [0, 0.1) is 17.6 Å². The van der Waals surface area contributed by atoms with Crippen molar-refractivity contribution in [2.75, 3.05) is 49.5 Å². The number of imide groups is 1. The number of ether oxygens (including phenoxy) is 1. The highest BCUT2D eigenvalue weighted by molar-refractivity contribution is 6.01. The first-order valence-corrected chi connectivity index (χ1v) is 13.8. The van der Waals surface area contributed by atoms with Crippen LogP contribution in [0.15, 0.2) is 12.1 Å². The monoisotopic (exact) mass is 549 g/mol. The van der Waals surface area contributed by atoms with Crippen molar-refractivity contribution in [3.63, 3.8) is 0 Å². The average Bonchev–Trinajstić information content (AvgIpc) is 2.85. The van der Waals surface area contributed by atoms with E-state index in [2.05, 4.69) is 29.4 Å². The molecule has 9 nitrogen and oxygen atoms in total. The molecule has 4 rings (SSSR count). The number of anilines is 2. The summed E-state index contributed by atoms with van der Waals surface area (Å²) in [5.74, 6) is -1.84. The fourth-order valence-corrected chi connectivity index (χ4v) is 5.84. The Morgan fingerprint density at radius 1 is 0.949 bits per heavy atom. The summed E-state index contributed by atoms with van der Waals surface area (Å²) >= 11 is 0. The third-order valence-corrected chi connectivity index (χ3v) is 8.15. The Hall–Kier alpha value is -2.95. The second-order valence-electron chi connectivity index (χ2n) is 12.3. The van der Waals surface area contributed by atoms with Gasteiger partial charge in [-0.15, -0.1) is 0 Å². The minimum absolute atomic E-state index is 0.0630. The molecule has 1 aromatic rings. The van der Waals surface area contributed by atoms with Crippen LogP contribution in [0.1, 0.15) is 60.3 Å². The van der Waals surface area contributed by atoms with E-state index in [4.69, 9.17) is 4.74 Å². The zero-order chi connectivity index (χ0) is 28.5. The Morgan fingerprint density at radius 3 is 2.08 bits per heavy atom. The Labute approximate surface area is 229 Å². The van der Waals surface area contributed by atoms with Gasteiger partial charge in [0.1, 0.15) is 17.3 Å². The van der Waals surface area contributed by atoms with E-state index in [0.29, 0.717) is 45.2 Å². The first-order valence-electron chi connectivity index (χ1n) is 13.8. The zero-order valence-electron chi connectivity index (χ0n) is 23.6. The number of benzene rings is 1. The molecule has 3 saturated heterocycles. The lowest BCUT2D eigenvalue weighted by Crippen LogP contribution is -2.59. The number of halogens is 2. The number of rotatable bonds is 5. The van der Waals surface area contributed by atoms with E-state index in [1.54, 1.807) is 9.80 Å². The van der Waals surface area contributed by atoms with Crippen molar-refractivity contribution in [2.24, 2.45) is 5.92 Å². The summed E-state index contributed by atoms with van der Waals surface area (Å²) in [6.07, 6.45) is 1.92. The van der Waals surface area contributed by atoms with Gasteiger partial charge in [-0.1, -0.05) is 0 Å². The molecule has 1 aromatic carbocycles. The predicted octanol–water partition coefficient (Wildman–Crippen LogP) is 3.73. The molecule has 0 radical (unpaired) electrons. The maximum atomic E-state index is 15.1. The normalized spacial score (nSPS) is 22.1. The summed E-state index contributed by atoms with van der Waals surface area (Å²) in [5.41, 5.74) is -0.539. The lowest BCUT2D eigenvalue weighted by atomic mass is 9.78. The number of carbonyl (C=O) groups is 3. The summed E-state index contributed by atoms with van der Waals surface area (Å²) < 4.78 is 35.7. The Morgan fingerprint density at radius 2 is 1.54 bits per heavy atom. The molecule has 2 N–H and O–H groups in total. The van der Waals surface area contributed by atoms with E-state index in [1.165, 1.54) is 12.1 Å². The lowest BCUT2D eigenvalue weighted by Gasteiger charge is -2.50. The van der Waals surface area contributed by atoms with Gasteiger partial charge in [0, 0.05) is 56.9 Å². The van der Waals surface area contributed by atoms with Crippen LogP contribution < -0.4 is 15.5 Å². The number of piperidine rings is 2. The molecule has 3 fully saturated rings. The molecule has 0 aromatic heterocycles. The highest BCUT2D eigenvalue weighted by Crippen LogP contribution is 2.35. The third-order valence-electron chi connectivity index (χ3n) is 8.15. The second-order valence-corrected chi connectivity index (χ2v) is 12.3. The maximum Gasteiger partial charge on any atom is 0.410 e. The van der Waals surface area contributed by atoms with Crippen molar-refractivity contribution in [3.05, 3.63) is 23.8 Å². The summed E-state index contributed by atoms with van der Waals surface area (Å²) in [6, 6.07) is 1.70. The zero-order valence-corrected chi connectivity index (χ0v) is 23.6. The van der Waals surface area contributed by atoms with E-state index in [9.17, 15) is 14.4 Å². The standard InChI is InChI=1S/C28H41F2N5O4/c1-27(2,3)39-26(38)34-10-8-18(9-11-34)28(4,5)35-14-12-33(13-15-35)24-20(29)16-19(17-21(24)30)31-22-6-7-23(36)32-25(22)37/h16-18,22,31H,6-15H2,1-5H3,(H,32,36,37). The molecule has 0 aliphatic carbocycles. The van der Waals surface area contributed by atoms with Crippen LogP contribution in [-0.2, 0) is 14.3 Å². The SMILES string of the molecule is CC(C)(C)OC(=O)N1CCC(C(C)(C)N2CCN(c3c(F)cc(NC4CCC(=O)NC4=O)cc3F)CC2)CC1. The van der Waals surface area contributed by atoms with Crippen LogP contribution in [-0.4, -0.2) is 84.2 Å². The van der Waals surface area contributed by atoms with Crippen molar-refractivity contribution >= 4 is 29.3 Å². The minimum Gasteiger partial charge on any atom is -0.444 e. The quantitative estimate of drug-likeness (QED) is 0.541. The first-order chi connectivity index (χ1) is 18.2. The summed E-state index contributed by atoms with van der Waals surface area (Å²) in [6.45, 7) is 13.6. The number of likely N-dealkylation sites (tertiary alicyclic amines) is 1. The van der Waals surface area contributed by atoms with Gasteiger partial charge in [-0.05, 0) is 71.9 Å². The molecule has 0 bridgehead atoms. The van der Waals surface area contributed by atoms with Gasteiger partial charge in [0.25, 0.3) is 0 Å². The molecule has 3 heterocycles. The first kappa shape index (κ1) is 29.0. The van der Waals surface area contributed by atoms with Crippen LogP contribution >= 0.6 is 0 Å². The number of nitrogens with zero attached hydrogens (tertiary/aromatic N) is 3. The highest BCUT2D eigenvalue weighted by atomic mass is 19.1. The van der Waals surface area contributed by atoms with Crippen molar-refractivity contribution in [1.82, 2.24) is 15.1 Å². The van der Waals surface area contributed by atoms with Gasteiger partial charge in [-0.2, -0.15) is 0 Å². The molecule has 3 amide bonds. The Bertz CT molecular complexity index is 1070. The fourth-order valence-electron chi connectivity index (χ4n) is 5.84. The van der Waals surface area contributed by atoms with Crippen LogP contribution in [0.4, 0.5) is 25.0 Å². The van der Waals surface area contributed by atoms with Gasteiger partial charge < -0.3 is 19.9 Å². The smallest absolute Gasteiger partial charge is 0.410 e. The maximum absolute atomic E-state index is 15.1. The van der Waals surface area contributed by atoms with Crippen molar-refractivity contribution in [2.45, 2.75) is 77.5 Å². The van der Waals surface area contributed by atoms with Gasteiger partial charge in [0.05, 0.1) is 0 Å². The molecule has 0 saturated carbocycles. The summed E-state index contributed by atoms with van der Waals surface area (Å²) in [7, 11) is 0. The van der Waals surface area contributed by atoms with Crippen molar-refractivity contribution < 1.29 is 27.9 Å². The van der Waals surface area contributed by atoms with E-state index < -0.39 is 29.2 Å². The second kappa shape index (κ2) is 11.3. The number of amides is 3. The molecular formula is C28H41F2N5O4. The molecule has 1 atom stereocenters. The highest BCUT2D eigenvalue weighted by Gasteiger charge is 2.40. The minimum atomic E-state index is -0.714. The van der Waals surface area contributed by atoms with E-state index in [-0.39, 0.29) is 41.8 Å². The predicted molar refractivity (Wildman–Crippen MR) is 145 cm³/mol. The van der Waals surface area contributed by atoms with Gasteiger partial charge in [-0.3, -0.25) is 19.8 Å². The Kier molecular flexibility index (Phi) is 8.39. The molecule has 1 unspecified atom stereocenters. The van der Waals surface area contributed by atoms with Crippen LogP contribution in [0.2, 0.25) is 0 Å². The van der Waals surface area contributed by atoms with Gasteiger partial charge in [0.2, 0.25) is 11.8 Å². The third kappa shape index (κ3) is 6.80. The summed E-state index contributed by atoms with van der Waals surface area (Å²) in [5, 5.41) is 5.08. The van der Waals surface area contributed by atoms with Crippen LogP contribution in [0.5, 0.6) is 0 Å². The number of hydrogen-bond acceptors (Lipinski definition) is 7. The van der Waals surface area contributed by atoms with E-state index in [1.807, 2.05) is 20.8 Å². The van der Waals surface area contributed by atoms with Crippen LogP contribution in [0.3, 0.4) is 0 Å². The molecule has 3 aliphatic heterocycles.